The molecule has 0 unspecified atom stereocenters. The number of hydrogen-bond acceptors (Lipinski definition) is 3. The zero-order chi connectivity index (χ0) is 13.8. The first-order valence-electron chi connectivity index (χ1n) is 6.88. The fraction of sp³-hybridized carbons (Fsp3) is 0.333. The van der Waals surface area contributed by atoms with Gasteiger partial charge in [-0.1, -0.05) is 24.3 Å². The highest BCUT2D eigenvalue weighted by molar-refractivity contribution is 5.82. The van der Waals surface area contributed by atoms with Gasteiger partial charge in [-0.2, -0.15) is 5.10 Å². The van der Waals surface area contributed by atoms with Gasteiger partial charge in [0.25, 0.3) is 0 Å². The molecule has 0 saturated heterocycles. The third-order valence-electron chi connectivity index (χ3n) is 3.60. The molecule has 1 atom stereocenters. The molecule has 1 aliphatic rings. The molecule has 20 heavy (non-hydrogen) atoms. The van der Waals surface area contributed by atoms with E-state index in [4.69, 9.17) is 0 Å². The van der Waals surface area contributed by atoms with E-state index in [2.05, 4.69) is 27.9 Å². The SMILES string of the molecule is O=C(NCCn1cccn1)[C@H]1Cc2ccccc2CN1. The van der Waals surface area contributed by atoms with Crippen LogP contribution in [0, 0.1) is 0 Å². The molecule has 1 amide bonds. The van der Waals surface area contributed by atoms with E-state index in [-0.39, 0.29) is 11.9 Å². The number of nitrogens with one attached hydrogen (secondary N) is 2. The lowest BCUT2D eigenvalue weighted by Crippen LogP contribution is -2.48. The van der Waals surface area contributed by atoms with Gasteiger partial charge in [0.05, 0.1) is 12.6 Å². The predicted octanol–water partition coefficient (Wildman–Crippen LogP) is 0.714. The Labute approximate surface area is 118 Å². The summed E-state index contributed by atoms with van der Waals surface area (Å²) in [4.78, 5) is 12.1. The van der Waals surface area contributed by atoms with Gasteiger partial charge in [-0.25, -0.2) is 0 Å². The van der Waals surface area contributed by atoms with Gasteiger partial charge in [0.2, 0.25) is 5.91 Å². The minimum absolute atomic E-state index is 0.0617. The second kappa shape index (κ2) is 5.88. The number of fused-ring (bicyclic) bond motifs is 1. The lowest BCUT2D eigenvalue weighted by molar-refractivity contribution is -0.123. The van der Waals surface area contributed by atoms with Crippen molar-refractivity contribution in [3.63, 3.8) is 0 Å². The molecule has 0 saturated carbocycles. The molecule has 1 aromatic heterocycles. The summed E-state index contributed by atoms with van der Waals surface area (Å²) in [5.41, 5.74) is 2.55. The highest BCUT2D eigenvalue weighted by Gasteiger charge is 2.23. The maximum Gasteiger partial charge on any atom is 0.237 e. The van der Waals surface area contributed by atoms with Gasteiger partial charge >= 0.3 is 0 Å². The van der Waals surface area contributed by atoms with Crippen molar-refractivity contribution in [1.82, 2.24) is 20.4 Å². The van der Waals surface area contributed by atoms with E-state index in [0.717, 1.165) is 13.0 Å². The van der Waals surface area contributed by atoms with Crippen LogP contribution in [0.5, 0.6) is 0 Å². The van der Waals surface area contributed by atoms with Crippen LogP contribution in [-0.4, -0.2) is 28.3 Å². The van der Waals surface area contributed by atoms with Crippen molar-refractivity contribution >= 4 is 5.91 Å². The monoisotopic (exact) mass is 270 g/mol. The van der Waals surface area contributed by atoms with E-state index in [1.165, 1.54) is 11.1 Å². The van der Waals surface area contributed by atoms with Crippen molar-refractivity contribution in [3.05, 3.63) is 53.9 Å². The zero-order valence-electron chi connectivity index (χ0n) is 11.2. The summed E-state index contributed by atoms with van der Waals surface area (Å²) in [5, 5.41) is 10.3. The molecular weight excluding hydrogens is 252 g/mol. The van der Waals surface area contributed by atoms with Gasteiger partial charge in [-0.3, -0.25) is 9.48 Å². The number of hydrogen-bond donors (Lipinski definition) is 2. The van der Waals surface area contributed by atoms with E-state index in [0.29, 0.717) is 13.1 Å². The van der Waals surface area contributed by atoms with Crippen molar-refractivity contribution in [3.8, 4) is 0 Å². The Morgan fingerprint density at radius 2 is 2.20 bits per heavy atom. The molecule has 1 aromatic carbocycles. The normalized spacial score (nSPS) is 17.5. The Hall–Kier alpha value is -2.14. The van der Waals surface area contributed by atoms with Crippen LogP contribution in [0.15, 0.2) is 42.7 Å². The predicted molar refractivity (Wildman–Crippen MR) is 76.0 cm³/mol. The zero-order valence-corrected chi connectivity index (χ0v) is 11.2. The lowest BCUT2D eigenvalue weighted by atomic mass is 9.95. The van der Waals surface area contributed by atoms with Gasteiger partial charge in [0.15, 0.2) is 0 Å². The summed E-state index contributed by atoms with van der Waals surface area (Å²) >= 11 is 0. The summed E-state index contributed by atoms with van der Waals surface area (Å²) in [6.45, 7) is 2.05. The van der Waals surface area contributed by atoms with Crippen LogP contribution < -0.4 is 10.6 Å². The van der Waals surface area contributed by atoms with Gasteiger partial charge in [0, 0.05) is 25.5 Å². The molecule has 0 radical (unpaired) electrons. The summed E-state index contributed by atoms with van der Waals surface area (Å²) in [7, 11) is 0. The third kappa shape index (κ3) is 2.88. The van der Waals surface area contributed by atoms with Crippen LogP contribution in [0.4, 0.5) is 0 Å². The molecule has 2 N–H and O–H groups in total. The van der Waals surface area contributed by atoms with E-state index in [9.17, 15) is 4.79 Å². The van der Waals surface area contributed by atoms with Crippen LogP contribution in [-0.2, 0) is 24.3 Å². The Morgan fingerprint density at radius 1 is 1.35 bits per heavy atom. The van der Waals surface area contributed by atoms with Crippen molar-refractivity contribution in [2.24, 2.45) is 0 Å². The van der Waals surface area contributed by atoms with Crippen LogP contribution in [0.1, 0.15) is 11.1 Å². The fourth-order valence-corrected chi connectivity index (χ4v) is 2.49. The van der Waals surface area contributed by atoms with Gasteiger partial charge < -0.3 is 10.6 Å². The van der Waals surface area contributed by atoms with E-state index in [1.54, 1.807) is 6.20 Å². The number of rotatable bonds is 4. The van der Waals surface area contributed by atoms with E-state index >= 15 is 0 Å². The number of aromatic nitrogens is 2. The quantitative estimate of drug-likeness (QED) is 0.860. The van der Waals surface area contributed by atoms with Gasteiger partial charge in [-0.15, -0.1) is 0 Å². The molecule has 0 spiro atoms. The minimum Gasteiger partial charge on any atom is -0.353 e. The molecule has 3 rings (SSSR count). The summed E-state index contributed by atoms with van der Waals surface area (Å²) in [6.07, 6.45) is 4.38. The summed E-state index contributed by atoms with van der Waals surface area (Å²) in [5.74, 6) is 0.0617. The number of carbonyl (C=O) groups is 1. The van der Waals surface area contributed by atoms with Crippen molar-refractivity contribution in [1.29, 1.82) is 0 Å². The summed E-state index contributed by atoms with van der Waals surface area (Å²) in [6, 6.07) is 10.00. The van der Waals surface area contributed by atoms with Crippen LogP contribution in [0.3, 0.4) is 0 Å². The molecule has 104 valence electrons. The first-order chi connectivity index (χ1) is 9.83. The third-order valence-corrected chi connectivity index (χ3v) is 3.60. The average Bonchev–Trinajstić information content (AvgIpc) is 3.00. The maximum absolute atomic E-state index is 12.1. The van der Waals surface area contributed by atoms with E-state index in [1.807, 2.05) is 29.1 Å². The molecule has 5 heteroatoms. The van der Waals surface area contributed by atoms with E-state index < -0.39 is 0 Å². The number of carbonyl (C=O) groups excluding carboxylic acids is 1. The van der Waals surface area contributed by atoms with Crippen LogP contribution >= 0.6 is 0 Å². The number of benzene rings is 1. The molecule has 0 fully saturated rings. The second-order valence-electron chi connectivity index (χ2n) is 4.97. The highest BCUT2D eigenvalue weighted by Crippen LogP contribution is 2.16. The minimum atomic E-state index is -0.137. The fourth-order valence-electron chi connectivity index (χ4n) is 2.49. The standard InChI is InChI=1S/C15H18N4O/c20-15(16-7-9-19-8-3-6-18-19)14-10-12-4-1-2-5-13(12)11-17-14/h1-6,8,14,17H,7,9-11H2,(H,16,20)/t14-/m1/s1. The lowest BCUT2D eigenvalue weighted by Gasteiger charge is -2.25. The summed E-state index contributed by atoms with van der Waals surface area (Å²) < 4.78 is 1.81. The van der Waals surface area contributed by atoms with Gasteiger partial charge in [-0.05, 0) is 23.6 Å². The Balaban J connectivity index is 1.51. The van der Waals surface area contributed by atoms with Crippen LogP contribution in [0.25, 0.3) is 0 Å². The van der Waals surface area contributed by atoms with Crippen molar-refractivity contribution < 1.29 is 4.79 Å². The second-order valence-corrected chi connectivity index (χ2v) is 4.97. The molecule has 0 aliphatic carbocycles. The molecule has 1 aliphatic heterocycles. The maximum atomic E-state index is 12.1. The molecule has 2 heterocycles. The van der Waals surface area contributed by atoms with Crippen LogP contribution in [0.2, 0.25) is 0 Å². The Kier molecular flexibility index (Phi) is 3.78. The van der Waals surface area contributed by atoms with Crippen molar-refractivity contribution in [2.45, 2.75) is 25.6 Å². The largest absolute Gasteiger partial charge is 0.353 e. The highest BCUT2D eigenvalue weighted by atomic mass is 16.2. The first kappa shape index (κ1) is 12.9. The Morgan fingerprint density at radius 3 is 3.00 bits per heavy atom. The number of nitrogens with zero attached hydrogens (tertiary/aromatic N) is 2. The topological polar surface area (TPSA) is 59.0 Å². The average molecular weight is 270 g/mol. The molecule has 0 bridgehead atoms. The molecule has 2 aromatic rings. The van der Waals surface area contributed by atoms with Crippen molar-refractivity contribution in [2.75, 3.05) is 6.54 Å². The smallest absolute Gasteiger partial charge is 0.237 e. The number of amides is 1. The first-order valence-corrected chi connectivity index (χ1v) is 6.88. The van der Waals surface area contributed by atoms with Gasteiger partial charge in [0.1, 0.15) is 0 Å². The molecular formula is C15H18N4O. The molecule has 5 nitrogen and oxygen atoms in total. The Bertz CT molecular complexity index is 579.